The van der Waals surface area contributed by atoms with Crippen LogP contribution in [0.5, 0.6) is 0 Å². The van der Waals surface area contributed by atoms with E-state index in [1.165, 1.54) is 25.6 Å². The van der Waals surface area contributed by atoms with Crippen molar-refractivity contribution in [1.82, 2.24) is 24.8 Å². The van der Waals surface area contributed by atoms with Crippen molar-refractivity contribution >= 4 is 17.0 Å². The second-order valence-corrected chi connectivity index (χ2v) is 4.80. The van der Waals surface area contributed by atoms with Crippen LogP contribution in [0.25, 0.3) is 11.2 Å². The zero-order valence-corrected chi connectivity index (χ0v) is 10.3. The SMILES string of the molecule is Nc1ncnc2c1ncn2CCC1CCCCN1. The summed E-state index contributed by atoms with van der Waals surface area (Å²) < 4.78 is 2.06. The molecule has 3 N–H and O–H groups in total. The Morgan fingerprint density at radius 2 is 2.28 bits per heavy atom. The molecule has 1 fully saturated rings. The third-order valence-corrected chi connectivity index (χ3v) is 3.56. The number of nitrogens with one attached hydrogen (secondary N) is 1. The maximum atomic E-state index is 5.77. The van der Waals surface area contributed by atoms with Crippen molar-refractivity contribution in [2.75, 3.05) is 12.3 Å². The molecule has 1 aliphatic rings. The summed E-state index contributed by atoms with van der Waals surface area (Å²) in [6.45, 7) is 2.06. The standard InChI is InChI=1S/C12H18N6/c13-11-10-12(16-7-15-11)18(8-17-10)6-4-9-3-1-2-5-14-9/h7-9,14H,1-6H2,(H2,13,15,16). The Kier molecular flexibility index (Phi) is 3.10. The van der Waals surface area contributed by atoms with Crippen molar-refractivity contribution in [3.05, 3.63) is 12.7 Å². The lowest BCUT2D eigenvalue weighted by Crippen LogP contribution is -2.34. The fourth-order valence-corrected chi connectivity index (χ4v) is 2.53. The predicted octanol–water partition coefficient (Wildman–Crippen LogP) is 0.941. The van der Waals surface area contributed by atoms with E-state index in [9.17, 15) is 0 Å². The van der Waals surface area contributed by atoms with Crippen LogP contribution in [0.3, 0.4) is 0 Å². The summed E-state index contributed by atoms with van der Waals surface area (Å²) in [6, 6.07) is 0.621. The number of aromatic nitrogens is 4. The van der Waals surface area contributed by atoms with E-state index in [0.29, 0.717) is 17.4 Å². The average molecular weight is 246 g/mol. The van der Waals surface area contributed by atoms with Crippen LogP contribution in [0.1, 0.15) is 25.7 Å². The first-order valence-corrected chi connectivity index (χ1v) is 6.49. The molecule has 3 rings (SSSR count). The second kappa shape index (κ2) is 4.89. The first-order valence-electron chi connectivity index (χ1n) is 6.49. The van der Waals surface area contributed by atoms with E-state index in [2.05, 4.69) is 24.8 Å². The topological polar surface area (TPSA) is 81.7 Å². The van der Waals surface area contributed by atoms with Gasteiger partial charge >= 0.3 is 0 Å². The molecule has 96 valence electrons. The maximum Gasteiger partial charge on any atom is 0.165 e. The number of imidazole rings is 1. The van der Waals surface area contributed by atoms with Gasteiger partial charge in [0.05, 0.1) is 6.33 Å². The van der Waals surface area contributed by atoms with Gasteiger partial charge in [0.15, 0.2) is 11.5 Å². The van der Waals surface area contributed by atoms with Gasteiger partial charge in [-0.2, -0.15) is 0 Å². The summed E-state index contributed by atoms with van der Waals surface area (Å²) >= 11 is 0. The lowest BCUT2D eigenvalue weighted by atomic mass is 10.0. The van der Waals surface area contributed by atoms with Gasteiger partial charge in [-0.3, -0.25) is 0 Å². The first-order chi connectivity index (χ1) is 8.84. The average Bonchev–Trinajstić information content (AvgIpc) is 2.82. The minimum Gasteiger partial charge on any atom is -0.382 e. The van der Waals surface area contributed by atoms with Crippen LogP contribution in [-0.2, 0) is 6.54 Å². The van der Waals surface area contributed by atoms with E-state index in [0.717, 1.165) is 25.2 Å². The van der Waals surface area contributed by atoms with Crippen LogP contribution in [0.2, 0.25) is 0 Å². The van der Waals surface area contributed by atoms with Crippen molar-refractivity contribution in [2.45, 2.75) is 38.3 Å². The van der Waals surface area contributed by atoms with Gasteiger partial charge in [0, 0.05) is 12.6 Å². The Bertz CT molecular complexity index is 528. The van der Waals surface area contributed by atoms with E-state index in [4.69, 9.17) is 5.73 Å². The normalized spacial score (nSPS) is 20.3. The molecule has 0 saturated carbocycles. The van der Waals surface area contributed by atoms with E-state index >= 15 is 0 Å². The van der Waals surface area contributed by atoms with Crippen LogP contribution >= 0.6 is 0 Å². The molecule has 0 radical (unpaired) electrons. The second-order valence-electron chi connectivity index (χ2n) is 4.80. The Labute approximate surface area is 106 Å². The van der Waals surface area contributed by atoms with Crippen molar-refractivity contribution in [2.24, 2.45) is 0 Å². The highest BCUT2D eigenvalue weighted by molar-refractivity contribution is 5.80. The zero-order valence-electron chi connectivity index (χ0n) is 10.3. The number of hydrogen-bond acceptors (Lipinski definition) is 5. The Hall–Kier alpha value is -1.69. The van der Waals surface area contributed by atoms with Gasteiger partial charge in [0.2, 0.25) is 0 Å². The molecule has 2 aromatic heterocycles. The van der Waals surface area contributed by atoms with Gasteiger partial charge < -0.3 is 15.6 Å². The van der Waals surface area contributed by atoms with Crippen LogP contribution in [0, 0.1) is 0 Å². The summed E-state index contributed by atoms with van der Waals surface area (Å²) in [6.07, 6.45) is 8.30. The van der Waals surface area contributed by atoms with Crippen LogP contribution in [-0.4, -0.2) is 32.1 Å². The molecule has 0 bridgehead atoms. The molecule has 1 unspecified atom stereocenters. The number of piperidine rings is 1. The maximum absolute atomic E-state index is 5.77. The van der Waals surface area contributed by atoms with E-state index in [1.54, 1.807) is 6.33 Å². The number of rotatable bonds is 3. The first kappa shape index (κ1) is 11.4. The summed E-state index contributed by atoms with van der Waals surface area (Å²) in [7, 11) is 0. The Morgan fingerprint density at radius 3 is 3.11 bits per heavy atom. The molecule has 1 saturated heterocycles. The molecular formula is C12H18N6. The van der Waals surface area contributed by atoms with Gasteiger partial charge in [-0.05, 0) is 25.8 Å². The van der Waals surface area contributed by atoms with Crippen LogP contribution in [0.15, 0.2) is 12.7 Å². The summed E-state index contributed by atoms with van der Waals surface area (Å²) in [5.41, 5.74) is 7.30. The lowest BCUT2D eigenvalue weighted by molar-refractivity contribution is 0.368. The lowest BCUT2D eigenvalue weighted by Gasteiger charge is -2.23. The number of aryl methyl sites for hydroxylation is 1. The van der Waals surface area contributed by atoms with Crippen molar-refractivity contribution in [1.29, 1.82) is 0 Å². The molecule has 18 heavy (non-hydrogen) atoms. The molecule has 0 aromatic carbocycles. The van der Waals surface area contributed by atoms with Gasteiger partial charge in [-0.25, -0.2) is 15.0 Å². The number of anilines is 1. The van der Waals surface area contributed by atoms with E-state index < -0.39 is 0 Å². The van der Waals surface area contributed by atoms with Crippen molar-refractivity contribution < 1.29 is 0 Å². The molecule has 3 heterocycles. The highest BCUT2D eigenvalue weighted by Gasteiger charge is 2.13. The monoisotopic (exact) mass is 246 g/mol. The molecule has 0 amide bonds. The van der Waals surface area contributed by atoms with Crippen LogP contribution < -0.4 is 11.1 Å². The molecule has 6 heteroatoms. The zero-order chi connectivity index (χ0) is 12.4. The number of hydrogen-bond donors (Lipinski definition) is 2. The fourth-order valence-electron chi connectivity index (χ4n) is 2.53. The molecule has 0 spiro atoms. The summed E-state index contributed by atoms with van der Waals surface area (Å²) in [5.74, 6) is 0.453. The Morgan fingerprint density at radius 1 is 1.33 bits per heavy atom. The minimum absolute atomic E-state index is 0.453. The Balaban J connectivity index is 1.72. The third kappa shape index (κ3) is 2.15. The molecular weight excluding hydrogens is 228 g/mol. The smallest absolute Gasteiger partial charge is 0.165 e. The van der Waals surface area contributed by atoms with Crippen molar-refractivity contribution in [3.8, 4) is 0 Å². The molecule has 2 aromatic rings. The van der Waals surface area contributed by atoms with E-state index in [1.807, 2.05) is 0 Å². The minimum atomic E-state index is 0.453. The molecule has 1 aliphatic heterocycles. The number of nitrogen functional groups attached to an aromatic ring is 1. The van der Waals surface area contributed by atoms with Gasteiger partial charge in [0.1, 0.15) is 11.8 Å². The number of fused-ring (bicyclic) bond motifs is 1. The molecule has 0 aliphatic carbocycles. The largest absolute Gasteiger partial charge is 0.382 e. The number of nitrogens with two attached hydrogens (primary N) is 1. The van der Waals surface area contributed by atoms with Crippen molar-refractivity contribution in [3.63, 3.8) is 0 Å². The highest BCUT2D eigenvalue weighted by Crippen LogP contribution is 2.16. The molecule has 1 atom stereocenters. The third-order valence-electron chi connectivity index (χ3n) is 3.56. The molecule has 6 nitrogen and oxygen atoms in total. The highest BCUT2D eigenvalue weighted by atomic mass is 15.1. The fraction of sp³-hybridized carbons (Fsp3) is 0.583. The van der Waals surface area contributed by atoms with Gasteiger partial charge in [0.25, 0.3) is 0 Å². The van der Waals surface area contributed by atoms with Gasteiger partial charge in [-0.15, -0.1) is 0 Å². The predicted molar refractivity (Wildman–Crippen MR) is 70.0 cm³/mol. The summed E-state index contributed by atoms with van der Waals surface area (Å²) in [5, 5.41) is 3.55. The van der Waals surface area contributed by atoms with Crippen LogP contribution in [0.4, 0.5) is 5.82 Å². The summed E-state index contributed by atoms with van der Waals surface area (Å²) in [4.78, 5) is 12.5. The number of nitrogens with zero attached hydrogens (tertiary/aromatic N) is 4. The van der Waals surface area contributed by atoms with E-state index in [-0.39, 0.29) is 0 Å². The quantitative estimate of drug-likeness (QED) is 0.842. The van der Waals surface area contributed by atoms with Gasteiger partial charge in [-0.1, -0.05) is 6.42 Å².